The summed E-state index contributed by atoms with van der Waals surface area (Å²) in [4.78, 5) is 2.58. The molecule has 1 aromatic carbocycles. The first-order chi connectivity index (χ1) is 8.54. The van der Waals surface area contributed by atoms with Gasteiger partial charge in [0.15, 0.2) is 0 Å². The summed E-state index contributed by atoms with van der Waals surface area (Å²) in [5.74, 6) is 0.177. The fraction of sp³-hybridized carbons (Fsp3) is 0.286. The second-order valence-corrected chi connectivity index (χ2v) is 5.77. The van der Waals surface area contributed by atoms with Crippen molar-refractivity contribution < 1.29 is 10.2 Å². The minimum absolute atomic E-state index is 0.0745. The molecule has 0 aliphatic rings. The molecule has 0 amide bonds. The Hall–Kier alpha value is -1.52. The molecule has 0 bridgehead atoms. The standard InChI is InChI=1S/C14H17NO2S/c1-9-3-4-14(18-9)8-15-10(2)11-5-12(16)7-13(17)6-11/h3-7,10,15-17H,8H2,1-2H3. The van der Waals surface area contributed by atoms with Crippen molar-refractivity contribution in [3.8, 4) is 11.5 Å². The van der Waals surface area contributed by atoms with Crippen molar-refractivity contribution in [1.82, 2.24) is 5.32 Å². The first-order valence-corrected chi connectivity index (χ1v) is 6.68. The molecule has 0 fully saturated rings. The summed E-state index contributed by atoms with van der Waals surface area (Å²) >= 11 is 1.77. The van der Waals surface area contributed by atoms with Gasteiger partial charge in [-0.1, -0.05) is 0 Å². The van der Waals surface area contributed by atoms with Crippen LogP contribution in [0.4, 0.5) is 0 Å². The van der Waals surface area contributed by atoms with E-state index in [0.29, 0.717) is 0 Å². The van der Waals surface area contributed by atoms with Crippen LogP contribution in [0.15, 0.2) is 30.3 Å². The smallest absolute Gasteiger partial charge is 0.119 e. The van der Waals surface area contributed by atoms with Crippen molar-refractivity contribution in [3.05, 3.63) is 45.6 Å². The summed E-state index contributed by atoms with van der Waals surface area (Å²) in [6.45, 7) is 4.88. The van der Waals surface area contributed by atoms with E-state index in [1.54, 1.807) is 23.5 Å². The van der Waals surface area contributed by atoms with Gasteiger partial charge in [-0.3, -0.25) is 0 Å². The van der Waals surface area contributed by atoms with E-state index in [1.807, 2.05) is 6.92 Å². The van der Waals surface area contributed by atoms with Crippen LogP contribution in [-0.4, -0.2) is 10.2 Å². The Morgan fingerprint density at radius 2 is 1.83 bits per heavy atom. The number of phenols is 2. The van der Waals surface area contributed by atoms with Gasteiger partial charge in [-0.25, -0.2) is 0 Å². The van der Waals surface area contributed by atoms with Crippen LogP contribution in [0, 0.1) is 6.92 Å². The van der Waals surface area contributed by atoms with E-state index < -0.39 is 0 Å². The highest BCUT2D eigenvalue weighted by molar-refractivity contribution is 7.11. The summed E-state index contributed by atoms with van der Waals surface area (Å²) in [6, 6.07) is 8.95. The van der Waals surface area contributed by atoms with Gasteiger partial charge in [0, 0.05) is 28.4 Å². The second kappa shape index (κ2) is 5.42. The molecule has 18 heavy (non-hydrogen) atoms. The zero-order chi connectivity index (χ0) is 13.1. The third kappa shape index (κ3) is 3.24. The number of rotatable bonds is 4. The summed E-state index contributed by atoms with van der Waals surface area (Å²) in [5.41, 5.74) is 0.876. The predicted molar refractivity (Wildman–Crippen MR) is 74.1 cm³/mol. The molecule has 0 spiro atoms. The SMILES string of the molecule is Cc1ccc(CNC(C)c2cc(O)cc(O)c2)s1. The van der Waals surface area contributed by atoms with Crippen LogP contribution in [0.25, 0.3) is 0 Å². The first kappa shape index (κ1) is 12.9. The summed E-state index contributed by atoms with van der Waals surface area (Å²) in [7, 11) is 0. The second-order valence-electron chi connectivity index (χ2n) is 4.40. The zero-order valence-electron chi connectivity index (χ0n) is 10.5. The number of hydrogen-bond donors (Lipinski definition) is 3. The zero-order valence-corrected chi connectivity index (χ0v) is 11.3. The van der Waals surface area contributed by atoms with Gasteiger partial charge >= 0.3 is 0 Å². The van der Waals surface area contributed by atoms with Gasteiger partial charge in [0.1, 0.15) is 11.5 Å². The molecule has 4 heteroatoms. The van der Waals surface area contributed by atoms with Crippen molar-refractivity contribution in [3.63, 3.8) is 0 Å². The van der Waals surface area contributed by atoms with Gasteiger partial charge in [-0.05, 0) is 43.7 Å². The Morgan fingerprint density at radius 1 is 1.17 bits per heavy atom. The van der Waals surface area contributed by atoms with E-state index in [0.717, 1.165) is 12.1 Å². The lowest BCUT2D eigenvalue weighted by atomic mass is 10.1. The average Bonchev–Trinajstić information content (AvgIpc) is 2.70. The van der Waals surface area contributed by atoms with Crippen molar-refractivity contribution >= 4 is 11.3 Å². The fourth-order valence-electron chi connectivity index (χ4n) is 1.82. The molecule has 3 N–H and O–H groups in total. The van der Waals surface area contributed by atoms with Gasteiger partial charge in [0.05, 0.1) is 0 Å². The molecule has 0 radical (unpaired) electrons. The predicted octanol–water partition coefficient (Wildman–Crippen LogP) is 3.32. The molecule has 0 saturated heterocycles. The highest BCUT2D eigenvalue weighted by atomic mass is 32.1. The van der Waals surface area contributed by atoms with Crippen LogP contribution in [0.5, 0.6) is 11.5 Å². The lowest BCUT2D eigenvalue weighted by Gasteiger charge is -2.14. The van der Waals surface area contributed by atoms with E-state index >= 15 is 0 Å². The van der Waals surface area contributed by atoms with E-state index in [2.05, 4.69) is 24.4 Å². The monoisotopic (exact) mass is 263 g/mol. The quantitative estimate of drug-likeness (QED) is 0.793. The van der Waals surface area contributed by atoms with Crippen molar-refractivity contribution in [2.45, 2.75) is 26.4 Å². The number of thiophene rings is 1. The molecule has 0 aliphatic carbocycles. The number of hydrogen-bond acceptors (Lipinski definition) is 4. The van der Waals surface area contributed by atoms with Crippen LogP contribution in [-0.2, 0) is 6.54 Å². The Balaban J connectivity index is 2.01. The molecule has 1 aromatic heterocycles. The molecular formula is C14H17NO2S. The number of benzene rings is 1. The molecule has 1 unspecified atom stereocenters. The van der Waals surface area contributed by atoms with Crippen molar-refractivity contribution in [1.29, 1.82) is 0 Å². The Bertz CT molecular complexity index is 516. The van der Waals surface area contributed by atoms with Crippen LogP contribution in [0.1, 0.15) is 28.3 Å². The molecule has 1 atom stereocenters. The van der Waals surface area contributed by atoms with Gasteiger partial charge < -0.3 is 15.5 Å². The Kier molecular flexibility index (Phi) is 3.89. The largest absolute Gasteiger partial charge is 0.508 e. The van der Waals surface area contributed by atoms with E-state index in [1.165, 1.54) is 15.8 Å². The number of phenolic OH excluding ortho intramolecular Hbond substituents is 2. The third-order valence-corrected chi connectivity index (χ3v) is 3.80. The van der Waals surface area contributed by atoms with Gasteiger partial charge in [-0.2, -0.15) is 0 Å². The highest BCUT2D eigenvalue weighted by Crippen LogP contribution is 2.25. The first-order valence-electron chi connectivity index (χ1n) is 5.86. The van der Waals surface area contributed by atoms with Gasteiger partial charge in [0.25, 0.3) is 0 Å². The molecule has 1 heterocycles. The topological polar surface area (TPSA) is 52.5 Å². The van der Waals surface area contributed by atoms with Crippen LogP contribution >= 0.6 is 11.3 Å². The molecule has 96 valence electrons. The minimum atomic E-state index is 0.0745. The number of aryl methyl sites for hydroxylation is 1. The summed E-state index contributed by atoms with van der Waals surface area (Å²) in [5, 5.41) is 22.3. The number of aromatic hydroxyl groups is 2. The maximum atomic E-state index is 9.45. The maximum Gasteiger partial charge on any atom is 0.119 e. The van der Waals surface area contributed by atoms with Crippen LogP contribution < -0.4 is 5.32 Å². The average molecular weight is 263 g/mol. The highest BCUT2D eigenvalue weighted by Gasteiger charge is 2.08. The molecule has 2 rings (SSSR count). The van der Waals surface area contributed by atoms with Crippen LogP contribution in [0.3, 0.4) is 0 Å². The molecule has 3 nitrogen and oxygen atoms in total. The Morgan fingerprint density at radius 3 is 2.39 bits per heavy atom. The van der Waals surface area contributed by atoms with Crippen molar-refractivity contribution in [2.24, 2.45) is 0 Å². The maximum absolute atomic E-state index is 9.45. The molecule has 0 aliphatic heterocycles. The van der Waals surface area contributed by atoms with Crippen LogP contribution in [0.2, 0.25) is 0 Å². The van der Waals surface area contributed by atoms with E-state index in [-0.39, 0.29) is 17.5 Å². The lowest BCUT2D eigenvalue weighted by Crippen LogP contribution is -2.17. The summed E-state index contributed by atoms with van der Waals surface area (Å²) in [6.07, 6.45) is 0. The summed E-state index contributed by atoms with van der Waals surface area (Å²) < 4.78 is 0. The Labute approximate surface area is 111 Å². The number of nitrogens with one attached hydrogen (secondary N) is 1. The molecular weight excluding hydrogens is 246 g/mol. The van der Waals surface area contributed by atoms with Gasteiger partial charge in [0.2, 0.25) is 0 Å². The normalized spacial score (nSPS) is 12.6. The molecule has 2 aromatic rings. The van der Waals surface area contributed by atoms with Gasteiger partial charge in [-0.15, -0.1) is 11.3 Å². The lowest BCUT2D eigenvalue weighted by molar-refractivity contribution is 0.446. The third-order valence-electron chi connectivity index (χ3n) is 2.80. The van der Waals surface area contributed by atoms with E-state index in [9.17, 15) is 10.2 Å². The molecule has 0 saturated carbocycles. The van der Waals surface area contributed by atoms with E-state index in [4.69, 9.17) is 0 Å². The van der Waals surface area contributed by atoms with Crippen molar-refractivity contribution in [2.75, 3.05) is 0 Å². The minimum Gasteiger partial charge on any atom is -0.508 e. The fourth-order valence-corrected chi connectivity index (χ4v) is 2.66.